The molecule has 9 nitrogen and oxygen atoms in total. The van der Waals surface area contributed by atoms with Crippen molar-refractivity contribution in [3.05, 3.63) is 77.3 Å². The molecule has 1 heterocycles. The molecule has 168 valence electrons. The molecule has 0 saturated heterocycles. The maximum atomic E-state index is 12.7. The van der Waals surface area contributed by atoms with Crippen LogP contribution in [0.3, 0.4) is 0 Å². The van der Waals surface area contributed by atoms with Crippen LogP contribution in [0, 0.1) is 0 Å². The van der Waals surface area contributed by atoms with Gasteiger partial charge in [-0.1, -0.05) is 18.7 Å². The second-order valence-corrected chi connectivity index (χ2v) is 8.44. The molecule has 0 atom stereocenters. The number of aromatic amines is 1. The zero-order valence-corrected chi connectivity index (χ0v) is 18.5. The number of H-pyrrole nitrogens is 1. The summed E-state index contributed by atoms with van der Waals surface area (Å²) in [5, 5.41) is 10.5. The van der Waals surface area contributed by atoms with Crippen LogP contribution < -0.4 is 19.5 Å². The second-order valence-electron chi connectivity index (χ2n) is 6.81. The number of para-hydroxylation sites is 1. The summed E-state index contributed by atoms with van der Waals surface area (Å²) < 4.78 is 36.5. The van der Waals surface area contributed by atoms with E-state index in [1.54, 1.807) is 38.5 Å². The summed E-state index contributed by atoms with van der Waals surface area (Å²) in [6.07, 6.45) is 1.35. The number of nitrogens with one attached hydrogen (secondary N) is 3. The average molecular weight is 457 g/mol. The minimum absolute atomic E-state index is 0.146. The van der Waals surface area contributed by atoms with E-state index in [1.165, 1.54) is 12.1 Å². The van der Waals surface area contributed by atoms with Gasteiger partial charge in [0, 0.05) is 23.2 Å². The number of aromatic nitrogens is 2. The van der Waals surface area contributed by atoms with Gasteiger partial charge in [-0.3, -0.25) is 14.6 Å². The van der Waals surface area contributed by atoms with E-state index in [-0.39, 0.29) is 11.3 Å². The lowest BCUT2D eigenvalue weighted by Gasteiger charge is -2.10. The highest BCUT2D eigenvalue weighted by Crippen LogP contribution is 2.24. The van der Waals surface area contributed by atoms with E-state index in [0.717, 1.165) is 16.7 Å². The van der Waals surface area contributed by atoms with Gasteiger partial charge < -0.3 is 14.8 Å². The maximum absolute atomic E-state index is 12.7. The molecule has 2 aromatic carbocycles. The minimum atomic E-state index is -3.75. The number of ether oxygens (including phenoxy) is 2. The third kappa shape index (κ3) is 5.88. The summed E-state index contributed by atoms with van der Waals surface area (Å²) in [6, 6.07) is 13.7. The first-order valence-corrected chi connectivity index (χ1v) is 11.2. The Morgan fingerprint density at radius 1 is 1.09 bits per heavy atom. The van der Waals surface area contributed by atoms with Crippen LogP contribution in [0.2, 0.25) is 0 Å². The molecule has 1 aromatic heterocycles. The van der Waals surface area contributed by atoms with Gasteiger partial charge in [0.25, 0.3) is 15.9 Å². The molecule has 0 bridgehead atoms. The molecule has 0 aliphatic carbocycles. The third-order valence-corrected chi connectivity index (χ3v) is 5.55. The lowest BCUT2D eigenvalue weighted by molar-refractivity contribution is 0.102. The molecule has 0 saturated carbocycles. The van der Waals surface area contributed by atoms with Crippen molar-refractivity contribution in [2.45, 2.75) is 12.8 Å². The Labute approximate surface area is 186 Å². The Hall–Kier alpha value is -3.79. The molecule has 0 unspecified atom stereocenters. The first-order valence-electron chi connectivity index (χ1n) is 9.65. The zero-order valence-electron chi connectivity index (χ0n) is 17.7. The quantitative estimate of drug-likeness (QED) is 0.430. The minimum Gasteiger partial charge on any atom is -0.497 e. The van der Waals surface area contributed by atoms with Crippen LogP contribution >= 0.6 is 0 Å². The van der Waals surface area contributed by atoms with Gasteiger partial charge in [-0.2, -0.15) is 5.10 Å². The number of nitrogens with zero attached hydrogens (tertiary/aromatic N) is 1. The number of anilines is 2. The summed E-state index contributed by atoms with van der Waals surface area (Å²) in [6.45, 7) is 3.25. The molecule has 3 aromatic rings. The summed E-state index contributed by atoms with van der Waals surface area (Å²) >= 11 is 0. The van der Waals surface area contributed by atoms with Crippen LogP contribution in [0.5, 0.6) is 11.5 Å². The van der Waals surface area contributed by atoms with Crippen molar-refractivity contribution in [3.63, 3.8) is 0 Å². The van der Waals surface area contributed by atoms with Crippen molar-refractivity contribution in [3.8, 4) is 11.5 Å². The van der Waals surface area contributed by atoms with Gasteiger partial charge in [-0.05, 0) is 42.7 Å². The van der Waals surface area contributed by atoms with Gasteiger partial charge in [0.05, 0.1) is 25.5 Å². The van der Waals surface area contributed by atoms with Crippen LogP contribution in [-0.4, -0.2) is 38.7 Å². The van der Waals surface area contributed by atoms with Gasteiger partial charge in [0.1, 0.15) is 11.5 Å². The molecule has 32 heavy (non-hydrogen) atoms. The molecule has 0 fully saturated rings. The lowest BCUT2D eigenvalue weighted by atomic mass is 10.1. The molecule has 0 aliphatic heterocycles. The SMILES string of the molecule is C=CS(=O)(=O)Nc1ccccc1C(=O)Nc1cc(CCc2cc(OC)cc(OC)c2)[nH]n1. The fourth-order valence-electron chi connectivity index (χ4n) is 2.99. The zero-order chi connectivity index (χ0) is 23.1. The van der Waals surface area contributed by atoms with Crippen molar-refractivity contribution in [2.75, 3.05) is 24.3 Å². The molecule has 1 amide bonds. The van der Waals surface area contributed by atoms with E-state index < -0.39 is 15.9 Å². The Balaban J connectivity index is 1.67. The van der Waals surface area contributed by atoms with E-state index in [9.17, 15) is 13.2 Å². The van der Waals surface area contributed by atoms with Gasteiger partial charge in [-0.15, -0.1) is 0 Å². The number of methoxy groups -OCH3 is 2. The molecule has 0 aliphatic rings. The molecule has 0 radical (unpaired) electrons. The summed E-state index contributed by atoms with van der Waals surface area (Å²) in [5.74, 6) is 1.25. The summed E-state index contributed by atoms with van der Waals surface area (Å²) in [4.78, 5) is 12.7. The number of amides is 1. The summed E-state index contributed by atoms with van der Waals surface area (Å²) in [7, 11) is -0.547. The largest absolute Gasteiger partial charge is 0.497 e. The molecule has 3 N–H and O–H groups in total. The normalized spacial score (nSPS) is 10.9. The first kappa shape index (κ1) is 22.9. The van der Waals surface area contributed by atoms with Crippen molar-refractivity contribution >= 4 is 27.4 Å². The van der Waals surface area contributed by atoms with Gasteiger partial charge in [0.2, 0.25) is 0 Å². The van der Waals surface area contributed by atoms with E-state index in [0.29, 0.717) is 30.2 Å². The third-order valence-electron chi connectivity index (χ3n) is 4.61. The molecule has 10 heteroatoms. The van der Waals surface area contributed by atoms with Crippen molar-refractivity contribution < 1.29 is 22.7 Å². The number of rotatable bonds is 10. The highest BCUT2D eigenvalue weighted by Gasteiger charge is 2.16. The first-order chi connectivity index (χ1) is 15.3. The van der Waals surface area contributed by atoms with Crippen LogP contribution in [0.1, 0.15) is 21.6 Å². The number of sulfonamides is 1. The number of hydrogen-bond acceptors (Lipinski definition) is 6. The fourth-order valence-corrected chi connectivity index (χ4v) is 3.56. The molecule has 0 spiro atoms. The Kier molecular flexibility index (Phi) is 7.16. The number of carbonyl (C=O) groups is 1. The van der Waals surface area contributed by atoms with E-state index in [4.69, 9.17) is 9.47 Å². The van der Waals surface area contributed by atoms with Gasteiger partial charge in [-0.25, -0.2) is 8.42 Å². The number of aryl methyl sites for hydroxylation is 2. The van der Waals surface area contributed by atoms with Crippen LogP contribution in [0.25, 0.3) is 0 Å². The fraction of sp³-hybridized carbons (Fsp3) is 0.182. The topological polar surface area (TPSA) is 122 Å². The number of hydrogen-bond donors (Lipinski definition) is 3. The Morgan fingerprint density at radius 3 is 2.44 bits per heavy atom. The highest BCUT2D eigenvalue weighted by atomic mass is 32.2. The standard InChI is InChI=1S/C22H24N4O5S/c1-4-32(28,29)26-20-8-6-5-7-19(20)22(27)23-21-13-16(24-25-21)10-9-15-11-17(30-2)14-18(12-15)31-3/h4-8,11-14,26H,1,9-10H2,2-3H3,(H2,23,24,25,27). The van der Waals surface area contributed by atoms with Crippen molar-refractivity contribution in [1.82, 2.24) is 10.2 Å². The predicted molar refractivity (Wildman–Crippen MR) is 123 cm³/mol. The van der Waals surface area contributed by atoms with Crippen molar-refractivity contribution in [1.29, 1.82) is 0 Å². The predicted octanol–water partition coefficient (Wildman–Crippen LogP) is 3.35. The highest BCUT2D eigenvalue weighted by molar-refractivity contribution is 7.95. The molecule has 3 rings (SSSR count). The smallest absolute Gasteiger partial charge is 0.258 e. The Morgan fingerprint density at radius 2 is 1.78 bits per heavy atom. The van der Waals surface area contributed by atoms with Crippen LogP contribution in [-0.2, 0) is 22.9 Å². The number of carbonyl (C=O) groups excluding carboxylic acids is 1. The summed E-state index contributed by atoms with van der Waals surface area (Å²) in [5.41, 5.74) is 2.16. The van der Waals surface area contributed by atoms with Gasteiger partial charge in [0.15, 0.2) is 5.82 Å². The van der Waals surface area contributed by atoms with Crippen molar-refractivity contribution in [2.24, 2.45) is 0 Å². The van der Waals surface area contributed by atoms with Crippen LogP contribution in [0.4, 0.5) is 11.5 Å². The van der Waals surface area contributed by atoms with E-state index >= 15 is 0 Å². The maximum Gasteiger partial charge on any atom is 0.258 e. The average Bonchev–Trinajstić information content (AvgIpc) is 3.24. The van der Waals surface area contributed by atoms with Crippen LogP contribution in [0.15, 0.2) is 60.5 Å². The van der Waals surface area contributed by atoms with Gasteiger partial charge >= 0.3 is 0 Å². The number of benzene rings is 2. The molecular weight excluding hydrogens is 432 g/mol. The lowest BCUT2D eigenvalue weighted by Crippen LogP contribution is -2.17. The Bertz CT molecular complexity index is 1200. The van der Waals surface area contributed by atoms with E-state index in [1.807, 2.05) is 12.1 Å². The second kappa shape index (κ2) is 10.0. The molecular formula is C22H24N4O5S. The monoisotopic (exact) mass is 456 g/mol. The van der Waals surface area contributed by atoms with E-state index in [2.05, 4.69) is 26.8 Å².